The second-order valence-corrected chi connectivity index (χ2v) is 11.9. The van der Waals surface area contributed by atoms with E-state index in [1.165, 1.54) is 0 Å². The number of benzene rings is 3. The number of hydrogen-bond donors (Lipinski definition) is 2. The summed E-state index contributed by atoms with van der Waals surface area (Å²) in [5, 5.41) is 7.78. The van der Waals surface area contributed by atoms with E-state index in [-0.39, 0.29) is 5.75 Å². The zero-order chi connectivity index (χ0) is 25.9. The summed E-state index contributed by atoms with van der Waals surface area (Å²) in [7, 11) is -1.63. The maximum atomic E-state index is 12.3. The summed E-state index contributed by atoms with van der Waals surface area (Å²) < 4.78 is 30.2. The van der Waals surface area contributed by atoms with E-state index in [4.69, 9.17) is 21.3 Å². The van der Waals surface area contributed by atoms with Crippen molar-refractivity contribution in [2.24, 2.45) is 0 Å². The predicted molar refractivity (Wildman–Crippen MR) is 147 cm³/mol. The Balaban J connectivity index is 1.60. The van der Waals surface area contributed by atoms with Crippen molar-refractivity contribution in [3.8, 4) is 5.75 Å². The Labute approximate surface area is 216 Å². The number of fused-ring (bicyclic) bond motifs is 1. The number of rotatable bonds is 9. The molecule has 0 aliphatic carbocycles. The van der Waals surface area contributed by atoms with Crippen LogP contribution in [0.5, 0.6) is 5.75 Å². The van der Waals surface area contributed by atoms with Crippen molar-refractivity contribution < 1.29 is 13.2 Å². The van der Waals surface area contributed by atoms with Gasteiger partial charge in [-0.2, -0.15) is 4.98 Å². The summed E-state index contributed by atoms with van der Waals surface area (Å²) in [5.41, 5.74) is 4.32. The number of aryl methyl sites for hydroxylation is 1. The molecule has 0 saturated carbocycles. The van der Waals surface area contributed by atoms with Crippen LogP contribution in [0.15, 0.2) is 60.7 Å². The molecule has 4 rings (SSSR count). The zero-order valence-corrected chi connectivity index (χ0v) is 22.2. The van der Waals surface area contributed by atoms with Crippen LogP contribution in [-0.2, 0) is 22.1 Å². The largest absolute Gasteiger partial charge is 0.496 e. The van der Waals surface area contributed by atoms with Gasteiger partial charge in [0, 0.05) is 28.2 Å². The number of aromatic nitrogens is 2. The van der Waals surface area contributed by atoms with Crippen molar-refractivity contribution in [2.75, 3.05) is 17.7 Å². The van der Waals surface area contributed by atoms with Gasteiger partial charge in [-0.25, -0.2) is 13.4 Å². The zero-order valence-electron chi connectivity index (χ0n) is 20.7. The molecule has 0 spiro atoms. The summed E-state index contributed by atoms with van der Waals surface area (Å²) in [6.45, 7) is 5.80. The van der Waals surface area contributed by atoms with Gasteiger partial charge in [-0.1, -0.05) is 35.4 Å². The third kappa shape index (κ3) is 6.06. The maximum Gasteiger partial charge on any atom is 0.225 e. The molecular weight excluding hydrogens is 496 g/mol. The molecule has 0 saturated heterocycles. The highest BCUT2D eigenvalue weighted by Gasteiger charge is 2.18. The maximum absolute atomic E-state index is 12.3. The van der Waals surface area contributed by atoms with Gasteiger partial charge >= 0.3 is 0 Å². The van der Waals surface area contributed by atoms with Gasteiger partial charge in [0.1, 0.15) is 11.6 Å². The lowest BCUT2D eigenvalue weighted by molar-refractivity contribution is 0.410. The standard InChI is InChI=1S/C27H29ClN4O3S/c1-17(2)36(33,34)16-19-6-7-20(25(14-19)35-4)15-29-27-31-24-12-5-18(3)13-23(24)26(32-27)30-22-10-8-21(28)9-11-22/h5-14,17H,15-16H2,1-4H3,(H2,29,30,31,32). The normalized spacial score (nSPS) is 11.6. The molecule has 0 fully saturated rings. The fourth-order valence-electron chi connectivity index (χ4n) is 3.68. The molecule has 3 aromatic carbocycles. The van der Waals surface area contributed by atoms with E-state index in [1.54, 1.807) is 27.0 Å². The Morgan fingerprint density at radius 3 is 2.44 bits per heavy atom. The first kappa shape index (κ1) is 25.7. The van der Waals surface area contributed by atoms with Crippen molar-refractivity contribution in [3.63, 3.8) is 0 Å². The van der Waals surface area contributed by atoms with E-state index in [0.717, 1.165) is 27.7 Å². The van der Waals surface area contributed by atoms with E-state index < -0.39 is 15.1 Å². The van der Waals surface area contributed by atoms with Gasteiger partial charge < -0.3 is 15.4 Å². The molecule has 4 aromatic rings. The first-order valence-electron chi connectivity index (χ1n) is 11.6. The number of methoxy groups -OCH3 is 1. The van der Waals surface area contributed by atoms with Crippen LogP contribution in [0.2, 0.25) is 5.02 Å². The Hall–Kier alpha value is -3.36. The van der Waals surface area contributed by atoms with Crippen molar-refractivity contribution in [1.29, 1.82) is 0 Å². The van der Waals surface area contributed by atoms with Gasteiger partial charge in [-0.05, 0) is 68.8 Å². The highest BCUT2D eigenvalue weighted by atomic mass is 35.5. The van der Waals surface area contributed by atoms with E-state index in [2.05, 4.69) is 15.6 Å². The van der Waals surface area contributed by atoms with Gasteiger partial charge in [0.25, 0.3) is 0 Å². The second kappa shape index (κ2) is 10.7. The molecule has 1 heterocycles. The molecule has 0 atom stereocenters. The third-order valence-corrected chi connectivity index (χ3v) is 8.26. The van der Waals surface area contributed by atoms with E-state index >= 15 is 0 Å². The molecule has 1 aromatic heterocycles. The number of anilines is 3. The molecule has 2 N–H and O–H groups in total. The average Bonchev–Trinajstić information content (AvgIpc) is 2.84. The molecule has 0 aliphatic rings. The molecular formula is C27H29ClN4O3S. The van der Waals surface area contributed by atoms with Gasteiger partial charge in [0.2, 0.25) is 5.95 Å². The first-order chi connectivity index (χ1) is 17.1. The van der Waals surface area contributed by atoms with Crippen LogP contribution in [0.1, 0.15) is 30.5 Å². The summed E-state index contributed by atoms with van der Waals surface area (Å²) >= 11 is 6.03. The van der Waals surface area contributed by atoms with E-state index in [9.17, 15) is 8.42 Å². The Morgan fingerprint density at radius 1 is 1.00 bits per heavy atom. The van der Waals surface area contributed by atoms with Crippen LogP contribution < -0.4 is 15.4 Å². The van der Waals surface area contributed by atoms with Crippen LogP contribution in [0.4, 0.5) is 17.5 Å². The van der Waals surface area contributed by atoms with Gasteiger partial charge in [0.15, 0.2) is 9.84 Å². The number of sulfone groups is 1. The summed E-state index contributed by atoms with van der Waals surface area (Å²) in [6, 6.07) is 18.9. The van der Waals surface area contributed by atoms with Gasteiger partial charge in [-0.15, -0.1) is 0 Å². The number of nitrogens with one attached hydrogen (secondary N) is 2. The van der Waals surface area contributed by atoms with Crippen molar-refractivity contribution >= 4 is 49.8 Å². The molecule has 0 aliphatic heterocycles. The lowest BCUT2D eigenvalue weighted by Gasteiger charge is -2.15. The Bertz CT molecular complexity index is 1490. The number of hydrogen-bond acceptors (Lipinski definition) is 7. The van der Waals surface area contributed by atoms with Crippen LogP contribution >= 0.6 is 11.6 Å². The Morgan fingerprint density at radius 2 is 1.75 bits per heavy atom. The SMILES string of the molecule is COc1cc(CS(=O)(=O)C(C)C)ccc1CNc1nc(Nc2ccc(Cl)cc2)c2cc(C)ccc2n1. The molecule has 0 radical (unpaired) electrons. The fourth-order valence-corrected chi connectivity index (χ4v) is 4.79. The molecule has 36 heavy (non-hydrogen) atoms. The van der Waals surface area contributed by atoms with E-state index in [0.29, 0.717) is 34.6 Å². The minimum atomic E-state index is -3.21. The molecule has 0 amide bonds. The number of nitrogens with zero attached hydrogens (tertiary/aromatic N) is 2. The highest BCUT2D eigenvalue weighted by Crippen LogP contribution is 2.28. The summed E-state index contributed by atoms with van der Waals surface area (Å²) in [6.07, 6.45) is 0. The van der Waals surface area contributed by atoms with Crippen molar-refractivity contribution in [2.45, 2.75) is 38.3 Å². The summed E-state index contributed by atoms with van der Waals surface area (Å²) in [4.78, 5) is 9.41. The second-order valence-electron chi connectivity index (χ2n) is 8.90. The average molecular weight is 525 g/mol. The van der Waals surface area contributed by atoms with Crippen LogP contribution in [0, 0.1) is 6.92 Å². The minimum Gasteiger partial charge on any atom is -0.496 e. The third-order valence-electron chi connectivity index (χ3n) is 5.83. The van der Waals surface area contributed by atoms with Crippen LogP contribution in [0.3, 0.4) is 0 Å². The lowest BCUT2D eigenvalue weighted by Crippen LogP contribution is -2.16. The van der Waals surface area contributed by atoms with E-state index in [1.807, 2.05) is 61.5 Å². The topological polar surface area (TPSA) is 93.2 Å². The number of halogens is 1. The highest BCUT2D eigenvalue weighted by molar-refractivity contribution is 7.91. The quantitative estimate of drug-likeness (QED) is 0.266. The van der Waals surface area contributed by atoms with Crippen molar-refractivity contribution in [1.82, 2.24) is 9.97 Å². The molecule has 0 bridgehead atoms. The summed E-state index contributed by atoms with van der Waals surface area (Å²) in [5.74, 6) is 1.71. The van der Waals surface area contributed by atoms with Crippen molar-refractivity contribution in [3.05, 3.63) is 82.4 Å². The fraction of sp³-hybridized carbons (Fsp3) is 0.259. The molecule has 7 nitrogen and oxygen atoms in total. The molecule has 188 valence electrons. The molecule has 0 unspecified atom stereocenters. The monoisotopic (exact) mass is 524 g/mol. The Kier molecular flexibility index (Phi) is 7.66. The van der Waals surface area contributed by atoms with Gasteiger partial charge in [0.05, 0.1) is 23.6 Å². The lowest BCUT2D eigenvalue weighted by atomic mass is 10.1. The van der Waals surface area contributed by atoms with Crippen LogP contribution in [0.25, 0.3) is 10.9 Å². The smallest absolute Gasteiger partial charge is 0.225 e. The van der Waals surface area contributed by atoms with Crippen LogP contribution in [-0.4, -0.2) is 30.7 Å². The first-order valence-corrected chi connectivity index (χ1v) is 13.7. The van der Waals surface area contributed by atoms with Gasteiger partial charge in [-0.3, -0.25) is 0 Å². The minimum absolute atomic E-state index is 0.0261. The number of ether oxygens (including phenoxy) is 1. The predicted octanol–water partition coefficient (Wildman–Crippen LogP) is 6.28. The molecule has 9 heteroatoms.